The minimum Gasteiger partial charge on any atom is -0.309 e. The molecule has 2 nitrogen and oxygen atoms in total. The number of pyridine rings is 1. The van der Waals surface area contributed by atoms with Crippen molar-refractivity contribution in [2.24, 2.45) is 0 Å². The van der Waals surface area contributed by atoms with E-state index in [4.69, 9.17) is 0 Å². The molecule has 0 aliphatic rings. The normalized spacial score (nSPS) is 11.2. The highest BCUT2D eigenvalue weighted by Crippen LogP contribution is 2.34. The molecule has 0 aliphatic heterocycles. The summed E-state index contributed by atoms with van der Waals surface area (Å²) >= 11 is 1.63. The van der Waals surface area contributed by atoms with Crippen LogP contribution in [0.5, 0.6) is 0 Å². The monoisotopic (exact) mass is 322 g/mol. The summed E-state index contributed by atoms with van der Waals surface area (Å²) in [6.45, 7) is 1.96. The maximum atomic E-state index is 13.8. The van der Waals surface area contributed by atoms with E-state index in [1.165, 1.54) is 16.3 Å². The molecule has 0 aliphatic carbocycles. The molecule has 4 rings (SSSR count). The fourth-order valence-corrected chi connectivity index (χ4v) is 3.44. The number of aromatic amines is 1. The van der Waals surface area contributed by atoms with Crippen LogP contribution in [-0.2, 0) is 6.42 Å². The quantitative estimate of drug-likeness (QED) is 0.518. The molecule has 4 heteroatoms. The van der Waals surface area contributed by atoms with Crippen molar-refractivity contribution in [1.82, 2.24) is 9.36 Å². The van der Waals surface area contributed by atoms with Crippen molar-refractivity contribution in [1.29, 1.82) is 0 Å². The first-order chi connectivity index (χ1) is 11.3. The van der Waals surface area contributed by atoms with Crippen molar-refractivity contribution >= 4 is 21.7 Å². The van der Waals surface area contributed by atoms with Gasteiger partial charge in [0.15, 0.2) is 0 Å². The van der Waals surface area contributed by atoms with Crippen molar-refractivity contribution < 1.29 is 4.39 Å². The second-order valence-electron chi connectivity index (χ2n) is 5.47. The van der Waals surface area contributed by atoms with Gasteiger partial charge >= 0.3 is 0 Å². The number of hydrogen-bond acceptors (Lipinski definition) is 2. The summed E-state index contributed by atoms with van der Waals surface area (Å²) < 4.78 is 18.2. The fraction of sp³-hybridized carbons (Fsp3) is 0.105. The van der Waals surface area contributed by atoms with E-state index in [1.807, 2.05) is 19.1 Å². The third-order valence-electron chi connectivity index (χ3n) is 4.07. The molecule has 0 radical (unpaired) electrons. The van der Waals surface area contributed by atoms with E-state index in [0.717, 1.165) is 27.9 Å². The summed E-state index contributed by atoms with van der Waals surface area (Å²) in [5, 5.41) is 0. The molecule has 0 amide bonds. The van der Waals surface area contributed by atoms with Crippen molar-refractivity contribution in [2.45, 2.75) is 13.3 Å². The number of nitrogens with one attached hydrogen (secondary N) is 1. The van der Waals surface area contributed by atoms with Crippen LogP contribution in [0.3, 0.4) is 0 Å². The number of nitrogens with zero attached hydrogens (tertiary/aromatic N) is 1. The Labute approximate surface area is 137 Å². The second kappa shape index (κ2) is 5.63. The Morgan fingerprint density at radius 1 is 1.09 bits per heavy atom. The minimum absolute atomic E-state index is 0.155. The van der Waals surface area contributed by atoms with E-state index in [1.54, 1.807) is 23.8 Å². The molecular weight excluding hydrogens is 307 g/mol. The number of halogens is 1. The summed E-state index contributed by atoms with van der Waals surface area (Å²) in [7, 11) is 0. The van der Waals surface area contributed by atoms with Gasteiger partial charge in [-0.05, 0) is 53.9 Å². The maximum absolute atomic E-state index is 13.8. The molecule has 2 aromatic heterocycles. The van der Waals surface area contributed by atoms with Crippen molar-refractivity contribution in [2.75, 3.05) is 0 Å². The molecule has 114 valence electrons. The number of fused-ring (bicyclic) bond motifs is 1. The Morgan fingerprint density at radius 3 is 2.70 bits per heavy atom. The highest BCUT2D eigenvalue weighted by Gasteiger charge is 2.12. The molecule has 0 saturated carbocycles. The Kier molecular flexibility index (Phi) is 3.46. The molecule has 23 heavy (non-hydrogen) atoms. The lowest BCUT2D eigenvalue weighted by Gasteiger charge is -2.11. The van der Waals surface area contributed by atoms with E-state index in [9.17, 15) is 4.39 Å². The van der Waals surface area contributed by atoms with E-state index >= 15 is 0 Å². The molecule has 0 spiro atoms. The molecule has 0 fully saturated rings. The number of H-pyrrole nitrogens is 1. The first kappa shape index (κ1) is 14.2. The lowest BCUT2D eigenvalue weighted by molar-refractivity contribution is 0.612. The van der Waals surface area contributed by atoms with Gasteiger partial charge in [-0.15, -0.1) is 0 Å². The largest absolute Gasteiger partial charge is 0.309 e. The minimum atomic E-state index is -0.155. The highest BCUT2D eigenvalue weighted by molar-refractivity contribution is 7.15. The maximum Gasteiger partial charge on any atom is 0.126 e. The molecule has 0 unspecified atom stereocenters. The zero-order valence-electron chi connectivity index (χ0n) is 12.6. The average Bonchev–Trinajstić information content (AvgIpc) is 2.57. The lowest BCUT2D eigenvalue weighted by atomic mass is 9.97. The first-order valence-electron chi connectivity index (χ1n) is 7.57. The Bertz CT molecular complexity index is 984. The van der Waals surface area contributed by atoms with Crippen molar-refractivity contribution in [3.63, 3.8) is 0 Å². The van der Waals surface area contributed by atoms with Gasteiger partial charge in [0.05, 0.1) is 15.9 Å². The van der Waals surface area contributed by atoms with Crippen LogP contribution in [0, 0.1) is 5.82 Å². The van der Waals surface area contributed by atoms with Gasteiger partial charge in [0.1, 0.15) is 5.82 Å². The third-order valence-corrected chi connectivity index (χ3v) is 4.95. The Balaban J connectivity index is 1.87. The van der Waals surface area contributed by atoms with Crippen LogP contribution in [0.15, 0.2) is 54.7 Å². The predicted molar refractivity (Wildman–Crippen MR) is 94.2 cm³/mol. The second-order valence-corrected chi connectivity index (χ2v) is 6.32. The molecule has 0 atom stereocenters. The van der Waals surface area contributed by atoms with Gasteiger partial charge in [-0.25, -0.2) is 4.39 Å². The van der Waals surface area contributed by atoms with Crippen LogP contribution < -0.4 is 0 Å². The van der Waals surface area contributed by atoms with Gasteiger partial charge in [-0.1, -0.05) is 30.6 Å². The number of rotatable bonds is 3. The Morgan fingerprint density at radius 2 is 1.96 bits per heavy atom. The van der Waals surface area contributed by atoms with Gasteiger partial charge in [0.2, 0.25) is 0 Å². The van der Waals surface area contributed by atoms with Crippen LogP contribution in [0.1, 0.15) is 12.5 Å². The Hall–Kier alpha value is -2.46. The lowest BCUT2D eigenvalue weighted by Crippen LogP contribution is -1.93. The smallest absolute Gasteiger partial charge is 0.126 e. The third kappa shape index (κ3) is 2.45. The molecule has 4 aromatic rings. The predicted octanol–water partition coefficient (Wildman–Crippen LogP) is 5.66. The molecular formula is C19H15FN2S. The van der Waals surface area contributed by atoms with Crippen molar-refractivity contribution in [3.8, 4) is 22.4 Å². The highest BCUT2D eigenvalue weighted by atomic mass is 32.1. The zero-order chi connectivity index (χ0) is 15.8. The topological polar surface area (TPSA) is 28.7 Å². The number of benzene rings is 2. The molecule has 2 heterocycles. The van der Waals surface area contributed by atoms with E-state index in [2.05, 4.69) is 33.6 Å². The van der Waals surface area contributed by atoms with Crippen LogP contribution in [-0.4, -0.2) is 9.36 Å². The van der Waals surface area contributed by atoms with E-state index < -0.39 is 0 Å². The molecule has 0 bridgehead atoms. The SMILES string of the molecule is CCc1cc(-c2ncccc2-c2ccc3[nH]sc3c2)ccc1F. The van der Waals surface area contributed by atoms with Crippen LogP contribution in [0.25, 0.3) is 32.6 Å². The zero-order valence-corrected chi connectivity index (χ0v) is 13.5. The van der Waals surface area contributed by atoms with Gasteiger partial charge in [0, 0.05) is 17.3 Å². The van der Waals surface area contributed by atoms with Crippen LogP contribution in [0.4, 0.5) is 4.39 Å². The summed E-state index contributed by atoms with van der Waals surface area (Å²) in [4.78, 5) is 4.56. The first-order valence-corrected chi connectivity index (χ1v) is 8.39. The van der Waals surface area contributed by atoms with Crippen LogP contribution >= 0.6 is 11.5 Å². The van der Waals surface area contributed by atoms with Gasteiger partial charge < -0.3 is 4.37 Å². The van der Waals surface area contributed by atoms with E-state index in [0.29, 0.717) is 6.42 Å². The molecule has 2 aromatic carbocycles. The number of aromatic nitrogens is 2. The summed E-state index contributed by atoms with van der Waals surface area (Å²) in [5.41, 5.74) is 5.92. The average molecular weight is 322 g/mol. The fourth-order valence-electron chi connectivity index (χ4n) is 2.78. The van der Waals surface area contributed by atoms with E-state index in [-0.39, 0.29) is 5.82 Å². The van der Waals surface area contributed by atoms with Crippen LogP contribution in [0.2, 0.25) is 0 Å². The van der Waals surface area contributed by atoms with Crippen molar-refractivity contribution in [3.05, 3.63) is 66.1 Å². The number of aryl methyl sites for hydroxylation is 1. The summed E-state index contributed by atoms with van der Waals surface area (Å²) in [6, 6.07) is 15.6. The standard InChI is InChI=1S/C19H15FN2S/c1-2-12-10-14(5-7-16(12)20)19-15(4-3-9-21-19)13-6-8-17-18(11-13)23-22-17/h3-11,22H,2H2,1H3. The molecule has 0 saturated heterocycles. The van der Waals surface area contributed by atoms with Gasteiger partial charge in [-0.3, -0.25) is 4.98 Å². The summed E-state index contributed by atoms with van der Waals surface area (Å²) in [6.07, 6.45) is 2.45. The molecule has 1 N–H and O–H groups in total. The van der Waals surface area contributed by atoms with Gasteiger partial charge in [-0.2, -0.15) is 0 Å². The van der Waals surface area contributed by atoms with Gasteiger partial charge in [0.25, 0.3) is 0 Å². The number of hydrogen-bond donors (Lipinski definition) is 1. The summed E-state index contributed by atoms with van der Waals surface area (Å²) in [5.74, 6) is -0.155.